The van der Waals surface area contributed by atoms with E-state index in [2.05, 4.69) is 10.4 Å². The molecule has 0 unspecified atom stereocenters. The number of aryl methyl sites for hydroxylation is 2. The Hall–Kier alpha value is -2.50. The second kappa shape index (κ2) is 6.32. The molecule has 1 aliphatic heterocycles. The number of carbonyl (C=O) groups excluding carboxylic acids is 1. The van der Waals surface area contributed by atoms with Gasteiger partial charge in [0.15, 0.2) is 0 Å². The maximum absolute atomic E-state index is 12.7. The lowest BCUT2D eigenvalue weighted by Gasteiger charge is -2.26. The average molecular weight is 314 g/mol. The van der Waals surface area contributed by atoms with Crippen molar-refractivity contribution in [2.75, 3.05) is 19.0 Å². The highest BCUT2D eigenvalue weighted by Gasteiger charge is 2.32. The summed E-state index contributed by atoms with van der Waals surface area (Å²) >= 11 is 0. The van der Waals surface area contributed by atoms with Crippen LogP contribution < -0.4 is 10.1 Å². The van der Waals surface area contributed by atoms with Gasteiger partial charge in [-0.05, 0) is 25.8 Å². The number of anilines is 1. The molecule has 23 heavy (non-hydrogen) atoms. The fourth-order valence-electron chi connectivity index (χ4n) is 3.18. The summed E-state index contributed by atoms with van der Waals surface area (Å²) in [4.78, 5) is 14.6. The first-order valence-corrected chi connectivity index (χ1v) is 7.81. The van der Waals surface area contributed by atoms with Crippen LogP contribution in [0.5, 0.6) is 5.75 Å². The van der Waals surface area contributed by atoms with Crippen LogP contribution >= 0.6 is 0 Å². The van der Waals surface area contributed by atoms with Crippen LogP contribution in [0.25, 0.3) is 0 Å². The molecule has 0 radical (unpaired) electrons. The Labute approximate surface area is 136 Å². The smallest absolute Gasteiger partial charge is 0.322 e. The van der Waals surface area contributed by atoms with E-state index in [1.54, 1.807) is 11.8 Å². The fourth-order valence-corrected chi connectivity index (χ4v) is 3.18. The van der Waals surface area contributed by atoms with Crippen LogP contribution in [0.15, 0.2) is 30.5 Å². The number of likely N-dealkylation sites (tertiary alicyclic amines) is 1. The number of hydrogen-bond acceptors (Lipinski definition) is 3. The van der Waals surface area contributed by atoms with E-state index >= 15 is 0 Å². The summed E-state index contributed by atoms with van der Waals surface area (Å²) in [6, 6.07) is 7.86. The van der Waals surface area contributed by atoms with Gasteiger partial charge in [-0.25, -0.2) is 4.79 Å². The van der Waals surface area contributed by atoms with Gasteiger partial charge in [-0.15, -0.1) is 0 Å². The molecule has 6 heteroatoms. The standard InChI is InChI=1S/C17H22N4O2/c1-12-14(11-20(2)19-12)18-17(22)21-10-6-8-15(21)13-7-4-5-9-16(13)23-3/h4-5,7,9,11,15H,6,8,10H2,1-3H3,(H,18,22)/t15-/m0/s1. The zero-order valence-electron chi connectivity index (χ0n) is 13.7. The number of ether oxygens (including phenoxy) is 1. The first-order chi connectivity index (χ1) is 11.1. The average Bonchev–Trinajstić information content (AvgIpc) is 3.14. The van der Waals surface area contributed by atoms with E-state index in [1.807, 2.05) is 49.3 Å². The number of nitrogens with one attached hydrogen (secondary N) is 1. The minimum atomic E-state index is -0.0884. The van der Waals surface area contributed by atoms with Crippen molar-refractivity contribution in [2.24, 2.45) is 7.05 Å². The zero-order valence-corrected chi connectivity index (χ0v) is 13.7. The SMILES string of the molecule is COc1ccccc1[C@@H]1CCCN1C(=O)Nc1cn(C)nc1C. The van der Waals surface area contributed by atoms with Crippen LogP contribution in [0.1, 0.15) is 30.1 Å². The van der Waals surface area contributed by atoms with Crippen molar-refractivity contribution >= 4 is 11.7 Å². The number of urea groups is 1. The predicted octanol–water partition coefficient (Wildman–Crippen LogP) is 3.11. The summed E-state index contributed by atoms with van der Waals surface area (Å²) in [5.74, 6) is 0.828. The first kappa shape index (κ1) is 15.4. The van der Waals surface area contributed by atoms with Gasteiger partial charge in [-0.3, -0.25) is 4.68 Å². The number of aromatic nitrogens is 2. The molecule has 1 atom stereocenters. The van der Waals surface area contributed by atoms with Crippen LogP contribution in [-0.4, -0.2) is 34.4 Å². The fraction of sp³-hybridized carbons (Fsp3) is 0.412. The summed E-state index contributed by atoms with van der Waals surface area (Å²) in [6.45, 7) is 2.63. The normalized spacial score (nSPS) is 17.3. The molecule has 1 saturated heterocycles. The minimum Gasteiger partial charge on any atom is -0.496 e. The van der Waals surface area contributed by atoms with Crippen LogP contribution in [0.2, 0.25) is 0 Å². The second-order valence-electron chi connectivity index (χ2n) is 5.83. The molecule has 1 aromatic heterocycles. The number of carbonyl (C=O) groups is 1. The molecule has 1 aliphatic rings. The van der Waals surface area contributed by atoms with Crippen molar-refractivity contribution in [2.45, 2.75) is 25.8 Å². The van der Waals surface area contributed by atoms with Crippen LogP contribution in [0.3, 0.4) is 0 Å². The maximum Gasteiger partial charge on any atom is 0.322 e. The summed E-state index contributed by atoms with van der Waals surface area (Å²) < 4.78 is 7.16. The molecule has 1 N–H and O–H groups in total. The van der Waals surface area contributed by atoms with Crippen LogP contribution in [0, 0.1) is 6.92 Å². The van der Waals surface area contributed by atoms with Gasteiger partial charge in [-0.1, -0.05) is 18.2 Å². The molecule has 2 amide bonds. The summed E-state index contributed by atoms with van der Waals surface area (Å²) in [6.07, 6.45) is 3.75. The molecule has 6 nitrogen and oxygen atoms in total. The molecule has 1 aromatic carbocycles. The van der Waals surface area contributed by atoms with Gasteiger partial charge < -0.3 is 15.0 Å². The largest absolute Gasteiger partial charge is 0.496 e. The number of hydrogen-bond donors (Lipinski definition) is 1. The first-order valence-electron chi connectivity index (χ1n) is 7.81. The molecular formula is C17H22N4O2. The van der Waals surface area contributed by atoms with Crippen molar-refractivity contribution in [1.82, 2.24) is 14.7 Å². The predicted molar refractivity (Wildman–Crippen MR) is 88.6 cm³/mol. The Morgan fingerprint density at radius 1 is 1.39 bits per heavy atom. The summed E-state index contributed by atoms with van der Waals surface area (Å²) in [5.41, 5.74) is 2.63. The molecule has 0 aliphatic carbocycles. The second-order valence-corrected chi connectivity index (χ2v) is 5.83. The van der Waals surface area contributed by atoms with Gasteiger partial charge in [0.05, 0.1) is 24.5 Å². The summed E-state index contributed by atoms with van der Waals surface area (Å²) in [7, 11) is 3.51. The quantitative estimate of drug-likeness (QED) is 0.947. The molecule has 0 bridgehead atoms. The highest BCUT2D eigenvalue weighted by Crippen LogP contribution is 2.37. The highest BCUT2D eigenvalue weighted by molar-refractivity contribution is 5.90. The van der Waals surface area contributed by atoms with Crippen molar-refractivity contribution < 1.29 is 9.53 Å². The number of benzene rings is 1. The minimum absolute atomic E-state index is 0.0446. The lowest BCUT2D eigenvalue weighted by molar-refractivity contribution is 0.206. The van der Waals surface area contributed by atoms with Gasteiger partial charge in [-0.2, -0.15) is 5.10 Å². The van der Waals surface area contributed by atoms with Crippen molar-refractivity contribution in [1.29, 1.82) is 0 Å². The zero-order chi connectivity index (χ0) is 16.4. The lowest BCUT2D eigenvalue weighted by atomic mass is 10.0. The maximum atomic E-state index is 12.7. The van der Waals surface area contributed by atoms with Gasteiger partial charge >= 0.3 is 6.03 Å². The van der Waals surface area contributed by atoms with E-state index in [0.29, 0.717) is 0 Å². The van der Waals surface area contributed by atoms with Crippen molar-refractivity contribution in [3.05, 3.63) is 41.7 Å². The monoisotopic (exact) mass is 314 g/mol. The third-order valence-electron chi connectivity index (χ3n) is 4.27. The molecule has 3 rings (SSSR count). The lowest BCUT2D eigenvalue weighted by Crippen LogP contribution is -2.34. The van der Waals surface area contributed by atoms with E-state index in [-0.39, 0.29) is 12.1 Å². The van der Waals surface area contributed by atoms with Gasteiger partial charge in [0, 0.05) is 25.4 Å². The molecule has 1 fully saturated rings. The Bertz CT molecular complexity index is 710. The van der Waals surface area contributed by atoms with E-state index in [0.717, 1.165) is 42.1 Å². The van der Waals surface area contributed by atoms with Crippen molar-refractivity contribution in [3.8, 4) is 5.75 Å². The Balaban J connectivity index is 1.81. The van der Waals surface area contributed by atoms with E-state index in [1.165, 1.54) is 0 Å². The molecule has 0 spiro atoms. The Morgan fingerprint density at radius 2 is 2.17 bits per heavy atom. The molecule has 0 saturated carbocycles. The van der Waals surface area contributed by atoms with E-state index in [4.69, 9.17) is 4.74 Å². The number of rotatable bonds is 3. The molecular weight excluding hydrogens is 292 g/mol. The van der Waals surface area contributed by atoms with Crippen LogP contribution in [-0.2, 0) is 7.05 Å². The molecule has 2 aromatic rings. The molecule has 122 valence electrons. The topological polar surface area (TPSA) is 59.4 Å². The summed E-state index contributed by atoms with van der Waals surface area (Å²) in [5, 5.41) is 7.23. The number of methoxy groups -OCH3 is 1. The van der Waals surface area contributed by atoms with Crippen molar-refractivity contribution in [3.63, 3.8) is 0 Å². The van der Waals surface area contributed by atoms with Gasteiger partial charge in [0.2, 0.25) is 0 Å². The number of para-hydroxylation sites is 1. The Kier molecular flexibility index (Phi) is 4.23. The number of amides is 2. The van der Waals surface area contributed by atoms with E-state index in [9.17, 15) is 4.79 Å². The third-order valence-corrected chi connectivity index (χ3v) is 4.27. The Morgan fingerprint density at radius 3 is 2.87 bits per heavy atom. The van der Waals surface area contributed by atoms with E-state index < -0.39 is 0 Å². The van der Waals surface area contributed by atoms with Gasteiger partial charge in [0.25, 0.3) is 0 Å². The number of nitrogens with zero attached hydrogens (tertiary/aromatic N) is 3. The van der Waals surface area contributed by atoms with Gasteiger partial charge in [0.1, 0.15) is 5.75 Å². The third kappa shape index (κ3) is 3.02. The van der Waals surface area contributed by atoms with Crippen LogP contribution in [0.4, 0.5) is 10.5 Å². The molecule has 2 heterocycles. The highest BCUT2D eigenvalue weighted by atomic mass is 16.5.